The molecule has 1 aliphatic heterocycles. The van der Waals surface area contributed by atoms with Crippen LogP contribution in [0.25, 0.3) is 11.2 Å². The van der Waals surface area contributed by atoms with Gasteiger partial charge in [0.1, 0.15) is 18.9 Å². The molecule has 0 aromatic carbocycles. The van der Waals surface area contributed by atoms with Crippen LogP contribution in [-0.2, 0) is 4.74 Å². The molecule has 0 amide bonds. The normalized spacial score (nSPS) is 30.2. The second-order valence-corrected chi connectivity index (χ2v) is 5.67. The first-order chi connectivity index (χ1) is 11.8. The Morgan fingerprint density at radius 2 is 2.36 bits per heavy atom. The second-order valence-electron chi connectivity index (χ2n) is 5.67. The Morgan fingerprint density at radius 1 is 1.64 bits per heavy atom. The highest BCUT2D eigenvalue weighted by Crippen LogP contribution is 2.40. The first-order valence-electron chi connectivity index (χ1n) is 7.32. The molecular weight excluding hydrogens is 337 g/mol. The van der Waals surface area contributed by atoms with E-state index in [9.17, 15) is 24.5 Å². The minimum absolute atomic E-state index is 0.0230. The maximum Gasteiger partial charge on any atom is 0.280 e. The van der Waals surface area contributed by atoms with Crippen LogP contribution in [0.1, 0.15) is 13.2 Å². The van der Waals surface area contributed by atoms with Gasteiger partial charge in [-0.2, -0.15) is 4.98 Å². The Hall–Kier alpha value is -2.52. The number of aromatic nitrogens is 4. The number of hydrogen-bond donors (Lipinski definition) is 5. The van der Waals surface area contributed by atoms with Gasteiger partial charge in [0, 0.05) is 0 Å². The Kier molecular flexibility index (Phi) is 4.21. The fraction of sp³-hybridized carbons (Fsp3) is 0.500. The summed E-state index contributed by atoms with van der Waals surface area (Å²) >= 11 is 0. The SMILES string of the molecule is C[C@H](O)[C@H]1O[C@@H](n2cnc3c(=O)[nH]c(N)nc32)C(O)(C#CCF)[C@H]1O. The van der Waals surface area contributed by atoms with E-state index in [0.29, 0.717) is 0 Å². The molecule has 134 valence electrons. The van der Waals surface area contributed by atoms with Crippen LogP contribution in [0.4, 0.5) is 10.3 Å². The molecule has 11 heteroatoms. The van der Waals surface area contributed by atoms with Crippen LogP contribution >= 0.6 is 0 Å². The first-order valence-corrected chi connectivity index (χ1v) is 7.32. The van der Waals surface area contributed by atoms with E-state index in [1.165, 1.54) is 6.92 Å². The molecule has 25 heavy (non-hydrogen) atoms. The summed E-state index contributed by atoms with van der Waals surface area (Å²) < 4.78 is 19.2. The number of halogens is 1. The van der Waals surface area contributed by atoms with Gasteiger partial charge in [-0.3, -0.25) is 14.3 Å². The summed E-state index contributed by atoms with van der Waals surface area (Å²) in [6.45, 7) is 0.295. The van der Waals surface area contributed by atoms with Crippen LogP contribution in [-0.4, -0.2) is 65.4 Å². The smallest absolute Gasteiger partial charge is 0.280 e. The predicted molar refractivity (Wildman–Crippen MR) is 82.9 cm³/mol. The highest BCUT2D eigenvalue weighted by molar-refractivity contribution is 5.70. The third-order valence-corrected chi connectivity index (χ3v) is 3.96. The largest absolute Gasteiger partial charge is 0.391 e. The minimum atomic E-state index is -2.26. The van der Waals surface area contributed by atoms with Gasteiger partial charge < -0.3 is 25.8 Å². The number of nitrogens with one attached hydrogen (secondary N) is 1. The lowest BCUT2D eigenvalue weighted by Gasteiger charge is -2.26. The van der Waals surface area contributed by atoms with Crippen molar-refractivity contribution in [2.24, 2.45) is 0 Å². The van der Waals surface area contributed by atoms with E-state index < -0.39 is 42.4 Å². The van der Waals surface area contributed by atoms with Gasteiger partial charge in [0.2, 0.25) is 5.95 Å². The van der Waals surface area contributed by atoms with Crippen molar-refractivity contribution in [2.75, 3.05) is 12.4 Å². The number of alkyl halides is 1. The molecule has 2 aromatic rings. The lowest BCUT2D eigenvalue weighted by atomic mass is 9.93. The zero-order chi connectivity index (χ0) is 18.4. The van der Waals surface area contributed by atoms with Crippen LogP contribution < -0.4 is 11.3 Å². The quantitative estimate of drug-likeness (QED) is 0.389. The molecule has 0 spiro atoms. The van der Waals surface area contributed by atoms with E-state index in [-0.39, 0.29) is 17.1 Å². The Labute approximate surface area is 140 Å². The third-order valence-electron chi connectivity index (χ3n) is 3.96. The van der Waals surface area contributed by atoms with Gasteiger partial charge >= 0.3 is 0 Å². The Balaban J connectivity index is 2.18. The maximum absolute atomic E-state index is 12.5. The number of aromatic amines is 1. The van der Waals surface area contributed by atoms with Crippen molar-refractivity contribution < 1.29 is 24.4 Å². The van der Waals surface area contributed by atoms with Gasteiger partial charge in [-0.15, -0.1) is 0 Å². The molecule has 3 rings (SSSR count). The van der Waals surface area contributed by atoms with Crippen LogP contribution in [0.3, 0.4) is 0 Å². The standard InChI is InChI=1S/C14H16FN5O5/c1-6(21)8-9(22)14(24,3-2-4-15)12(25-8)20-5-17-7-10(20)18-13(16)19-11(7)23/h5-6,8-9,12,21-22,24H,4H2,1H3,(H3,16,18,19,23)/t6-,8+,9-,12+,14?/m0/s1. The number of imidazole rings is 1. The summed E-state index contributed by atoms with van der Waals surface area (Å²) in [5.41, 5.74) is 2.56. The zero-order valence-corrected chi connectivity index (χ0v) is 13.0. The Morgan fingerprint density at radius 3 is 3.00 bits per heavy atom. The van der Waals surface area contributed by atoms with Crippen LogP contribution in [0.15, 0.2) is 11.1 Å². The minimum Gasteiger partial charge on any atom is -0.391 e. The zero-order valence-electron chi connectivity index (χ0n) is 13.0. The molecule has 3 heterocycles. The summed E-state index contributed by atoms with van der Waals surface area (Å²) in [6, 6.07) is 0. The monoisotopic (exact) mass is 353 g/mol. The fourth-order valence-electron chi connectivity index (χ4n) is 2.80. The molecule has 1 aliphatic rings. The summed E-state index contributed by atoms with van der Waals surface area (Å²) in [6.07, 6.45) is -4.26. The second kappa shape index (κ2) is 6.08. The summed E-state index contributed by atoms with van der Waals surface area (Å²) in [5, 5.41) is 30.9. The molecule has 1 fully saturated rings. The van der Waals surface area contributed by atoms with Gasteiger partial charge in [-0.25, -0.2) is 9.37 Å². The number of hydrogen-bond acceptors (Lipinski definition) is 8. The van der Waals surface area contributed by atoms with Crippen molar-refractivity contribution in [3.8, 4) is 11.8 Å². The lowest BCUT2D eigenvalue weighted by Crippen LogP contribution is -2.47. The van der Waals surface area contributed by atoms with E-state index in [4.69, 9.17) is 10.5 Å². The van der Waals surface area contributed by atoms with Crippen LogP contribution in [0.5, 0.6) is 0 Å². The van der Waals surface area contributed by atoms with E-state index >= 15 is 0 Å². The number of H-pyrrole nitrogens is 1. The summed E-state index contributed by atoms with van der Waals surface area (Å²) in [7, 11) is 0. The number of nitrogens with two attached hydrogens (primary N) is 1. The van der Waals surface area contributed by atoms with Gasteiger partial charge in [-0.1, -0.05) is 11.8 Å². The van der Waals surface area contributed by atoms with E-state index in [1.54, 1.807) is 0 Å². The Bertz CT molecular complexity index is 916. The van der Waals surface area contributed by atoms with Crippen molar-refractivity contribution in [1.82, 2.24) is 19.5 Å². The number of nitrogens with zero attached hydrogens (tertiary/aromatic N) is 3. The van der Waals surface area contributed by atoms with Crippen LogP contribution in [0.2, 0.25) is 0 Å². The average molecular weight is 353 g/mol. The van der Waals surface area contributed by atoms with Crippen molar-refractivity contribution in [3.63, 3.8) is 0 Å². The number of fused-ring (bicyclic) bond motifs is 1. The van der Waals surface area contributed by atoms with Gasteiger partial charge in [0.15, 0.2) is 23.0 Å². The molecular formula is C14H16FN5O5. The van der Waals surface area contributed by atoms with Crippen LogP contribution in [0, 0.1) is 11.8 Å². The van der Waals surface area contributed by atoms with Crippen molar-refractivity contribution >= 4 is 17.1 Å². The fourth-order valence-corrected chi connectivity index (χ4v) is 2.80. The highest BCUT2D eigenvalue weighted by Gasteiger charge is 2.57. The van der Waals surface area contributed by atoms with E-state index in [0.717, 1.165) is 10.9 Å². The van der Waals surface area contributed by atoms with Gasteiger partial charge in [0.25, 0.3) is 5.56 Å². The lowest BCUT2D eigenvalue weighted by molar-refractivity contribution is -0.0847. The molecule has 0 aliphatic carbocycles. The average Bonchev–Trinajstić information content (AvgIpc) is 3.06. The van der Waals surface area contributed by atoms with Gasteiger partial charge in [0.05, 0.1) is 12.4 Å². The molecule has 0 saturated carbocycles. The summed E-state index contributed by atoms with van der Waals surface area (Å²) in [5.74, 6) is 4.08. The molecule has 1 unspecified atom stereocenters. The molecule has 5 atom stereocenters. The molecule has 10 nitrogen and oxygen atoms in total. The number of aliphatic hydroxyl groups excluding tert-OH is 2. The van der Waals surface area contributed by atoms with Gasteiger partial charge in [-0.05, 0) is 6.92 Å². The number of aliphatic hydroxyl groups is 3. The number of anilines is 1. The topological polar surface area (TPSA) is 160 Å². The van der Waals surface area contributed by atoms with Crippen molar-refractivity contribution in [1.29, 1.82) is 0 Å². The van der Waals surface area contributed by atoms with Crippen molar-refractivity contribution in [3.05, 3.63) is 16.7 Å². The van der Waals surface area contributed by atoms with Crippen molar-refractivity contribution in [2.45, 2.75) is 37.1 Å². The third kappa shape index (κ3) is 2.65. The molecule has 0 bridgehead atoms. The number of ether oxygens (including phenoxy) is 1. The number of nitrogen functional groups attached to an aromatic ring is 1. The molecule has 1 saturated heterocycles. The predicted octanol–water partition coefficient (Wildman–Crippen LogP) is -1.96. The first kappa shape index (κ1) is 17.3. The number of rotatable bonds is 2. The molecule has 0 radical (unpaired) electrons. The maximum atomic E-state index is 12.5. The van der Waals surface area contributed by atoms with E-state index in [2.05, 4.69) is 20.9 Å². The molecule has 2 aromatic heterocycles. The molecule has 6 N–H and O–H groups in total. The van der Waals surface area contributed by atoms with E-state index in [1.807, 2.05) is 5.92 Å². The highest BCUT2D eigenvalue weighted by atomic mass is 19.1. The summed E-state index contributed by atoms with van der Waals surface area (Å²) in [4.78, 5) is 22.0.